The van der Waals surface area contributed by atoms with Crippen molar-refractivity contribution in [2.75, 3.05) is 12.3 Å². The average molecular weight is 106 g/mol. The van der Waals surface area contributed by atoms with Gasteiger partial charge in [0.2, 0.25) is 0 Å². The maximum atomic E-state index is 9.92. The Bertz CT molecular complexity index is 44.8. The second kappa shape index (κ2) is 1.79. The van der Waals surface area contributed by atoms with Crippen LogP contribution in [0.25, 0.3) is 0 Å². The number of nitrogens with zero attached hydrogens (tertiary/aromatic N) is 1. The lowest BCUT2D eigenvalue weighted by Crippen LogP contribution is -2.06. The third-order valence-corrected chi connectivity index (χ3v) is 1.11. The van der Waals surface area contributed by atoms with Gasteiger partial charge in [0.05, 0.1) is 0 Å². The Morgan fingerprint density at radius 3 is 2.83 bits per heavy atom. The molecule has 0 aromatic rings. The standard InChI is InChI=1S/C2H4NO2S/c4-3-1-2-6-5-3/h1-2H2/q-1. The van der Waals surface area contributed by atoms with Crippen LogP contribution in [0.3, 0.4) is 0 Å². The Labute approximate surface area is 40.0 Å². The summed E-state index contributed by atoms with van der Waals surface area (Å²) in [6.45, 7) is 0.505. The van der Waals surface area contributed by atoms with Gasteiger partial charge >= 0.3 is 0 Å². The largest absolute Gasteiger partial charge is 0.761 e. The maximum Gasteiger partial charge on any atom is 0.0358 e. The van der Waals surface area contributed by atoms with Gasteiger partial charge in [-0.15, -0.1) is 0 Å². The molecule has 0 atom stereocenters. The predicted molar refractivity (Wildman–Crippen MR) is 23.6 cm³/mol. The van der Waals surface area contributed by atoms with Crippen molar-refractivity contribution in [1.29, 1.82) is 0 Å². The molecule has 0 aromatic carbocycles. The summed E-state index contributed by atoms with van der Waals surface area (Å²) < 4.78 is 4.35. The van der Waals surface area contributed by atoms with E-state index in [0.717, 1.165) is 5.75 Å². The van der Waals surface area contributed by atoms with Gasteiger partial charge < -0.3 is 5.21 Å². The Kier molecular flexibility index (Phi) is 1.31. The van der Waals surface area contributed by atoms with E-state index in [4.69, 9.17) is 0 Å². The monoisotopic (exact) mass is 106 g/mol. The van der Waals surface area contributed by atoms with E-state index in [9.17, 15) is 5.21 Å². The molecule has 1 heterocycles. The third kappa shape index (κ3) is 0.844. The highest BCUT2D eigenvalue weighted by Gasteiger charge is 2.00. The Hall–Kier alpha value is 0.230. The lowest BCUT2D eigenvalue weighted by atomic mass is 10.8. The summed E-state index contributed by atoms with van der Waals surface area (Å²) in [6.07, 6.45) is 0. The van der Waals surface area contributed by atoms with Crippen molar-refractivity contribution >= 4 is 12.0 Å². The van der Waals surface area contributed by atoms with Gasteiger partial charge in [0.25, 0.3) is 0 Å². The summed E-state index contributed by atoms with van der Waals surface area (Å²) in [5, 5.41) is 10.5. The molecule has 1 aliphatic heterocycles. The molecular weight excluding hydrogens is 102 g/mol. The van der Waals surface area contributed by atoms with Gasteiger partial charge in [0.1, 0.15) is 0 Å². The summed E-state index contributed by atoms with van der Waals surface area (Å²) in [5.41, 5.74) is 0. The minimum atomic E-state index is 0.505. The van der Waals surface area contributed by atoms with E-state index in [1.54, 1.807) is 0 Å². The van der Waals surface area contributed by atoms with Crippen molar-refractivity contribution in [3.05, 3.63) is 5.21 Å². The smallest absolute Gasteiger partial charge is 0.0358 e. The maximum absolute atomic E-state index is 9.92. The van der Waals surface area contributed by atoms with Crippen molar-refractivity contribution in [2.45, 2.75) is 0 Å². The van der Waals surface area contributed by atoms with Crippen LogP contribution in [-0.4, -0.2) is 17.5 Å². The van der Waals surface area contributed by atoms with Crippen molar-refractivity contribution in [1.82, 2.24) is 5.23 Å². The average Bonchev–Trinajstić information content (AvgIpc) is 1.86. The molecular formula is C2H4NO2S-. The minimum Gasteiger partial charge on any atom is -0.761 e. The minimum absolute atomic E-state index is 0.505. The van der Waals surface area contributed by atoms with E-state index in [1.165, 1.54) is 12.0 Å². The van der Waals surface area contributed by atoms with Crippen molar-refractivity contribution < 1.29 is 4.28 Å². The molecule has 3 nitrogen and oxygen atoms in total. The van der Waals surface area contributed by atoms with E-state index in [1.807, 2.05) is 0 Å². The molecule has 6 heavy (non-hydrogen) atoms. The number of hydrogen-bond acceptors (Lipinski definition) is 4. The molecule has 1 rings (SSSR count). The van der Waals surface area contributed by atoms with Crippen molar-refractivity contribution in [2.24, 2.45) is 0 Å². The Morgan fingerprint density at radius 1 is 1.83 bits per heavy atom. The SMILES string of the molecule is [O-]N1CCSO1. The molecule has 0 aliphatic carbocycles. The predicted octanol–water partition coefficient (Wildman–Crippen LogP) is 0.380. The van der Waals surface area contributed by atoms with Gasteiger partial charge in [0, 0.05) is 24.3 Å². The normalized spacial score (nSPS) is 25.5. The molecule has 4 heteroatoms. The van der Waals surface area contributed by atoms with Gasteiger partial charge in [-0.2, -0.15) is 0 Å². The summed E-state index contributed by atoms with van der Waals surface area (Å²) in [5.74, 6) is 0.795. The second-order valence-corrected chi connectivity index (χ2v) is 1.75. The highest BCUT2D eigenvalue weighted by Crippen LogP contribution is 2.12. The molecule has 0 aromatic heterocycles. The fourth-order valence-electron chi connectivity index (χ4n) is 0.245. The molecule has 1 fully saturated rings. The van der Waals surface area contributed by atoms with E-state index < -0.39 is 0 Å². The first kappa shape index (κ1) is 4.39. The van der Waals surface area contributed by atoms with Gasteiger partial charge in [0.15, 0.2) is 0 Å². The molecule has 1 aliphatic rings. The van der Waals surface area contributed by atoms with Crippen LogP contribution in [0.4, 0.5) is 0 Å². The number of hydroxylamine groups is 2. The lowest BCUT2D eigenvalue weighted by Gasteiger charge is -2.14. The summed E-state index contributed by atoms with van der Waals surface area (Å²) in [4.78, 5) is 0. The molecule has 1 saturated heterocycles. The third-order valence-electron chi connectivity index (χ3n) is 0.493. The Morgan fingerprint density at radius 2 is 2.67 bits per heavy atom. The van der Waals surface area contributed by atoms with Gasteiger partial charge in [-0.1, -0.05) is 0 Å². The van der Waals surface area contributed by atoms with Crippen molar-refractivity contribution in [3.63, 3.8) is 0 Å². The van der Waals surface area contributed by atoms with Crippen LogP contribution < -0.4 is 0 Å². The molecule has 0 unspecified atom stereocenters. The number of rotatable bonds is 0. The van der Waals surface area contributed by atoms with E-state index in [0.29, 0.717) is 11.8 Å². The second-order valence-electron chi connectivity index (χ2n) is 0.953. The highest BCUT2D eigenvalue weighted by molar-refractivity contribution is 7.94. The van der Waals surface area contributed by atoms with Crippen LogP contribution in [0.15, 0.2) is 0 Å². The fourth-order valence-corrected chi connectivity index (χ4v) is 0.735. The highest BCUT2D eigenvalue weighted by atomic mass is 32.2. The molecule has 0 radical (unpaired) electrons. The fraction of sp³-hybridized carbons (Fsp3) is 1.00. The zero-order valence-corrected chi connectivity index (χ0v) is 3.90. The van der Waals surface area contributed by atoms with Gasteiger partial charge in [-0.05, 0) is 0 Å². The van der Waals surface area contributed by atoms with Crippen LogP contribution in [0.2, 0.25) is 0 Å². The number of hydrogen-bond donors (Lipinski definition) is 0. The first-order valence-corrected chi connectivity index (χ1v) is 2.55. The zero-order valence-electron chi connectivity index (χ0n) is 3.09. The zero-order chi connectivity index (χ0) is 4.41. The molecule has 0 spiro atoms. The quantitative estimate of drug-likeness (QED) is 0.418. The van der Waals surface area contributed by atoms with Gasteiger partial charge in [-0.3, -0.25) is 0 Å². The first-order valence-electron chi connectivity index (χ1n) is 1.64. The topological polar surface area (TPSA) is 35.5 Å². The summed E-state index contributed by atoms with van der Waals surface area (Å²) >= 11 is 1.20. The molecule has 36 valence electrons. The van der Waals surface area contributed by atoms with Crippen molar-refractivity contribution in [3.8, 4) is 0 Å². The molecule has 0 amide bonds. The van der Waals surface area contributed by atoms with Crippen LogP contribution in [0.5, 0.6) is 0 Å². The van der Waals surface area contributed by atoms with E-state index >= 15 is 0 Å². The summed E-state index contributed by atoms with van der Waals surface area (Å²) in [6, 6.07) is 0. The molecule has 0 saturated carbocycles. The van der Waals surface area contributed by atoms with E-state index in [-0.39, 0.29) is 0 Å². The van der Waals surface area contributed by atoms with Crippen LogP contribution >= 0.6 is 12.0 Å². The van der Waals surface area contributed by atoms with E-state index in [2.05, 4.69) is 4.28 Å². The molecule has 0 bridgehead atoms. The van der Waals surface area contributed by atoms with Gasteiger partial charge in [-0.25, -0.2) is 9.51 Å². The Balaban J connectivity index is 2.18. The van der Waals surface area contributed by atoms with Crippen LogP contribution in [0.1, 0.15) is 0 Å². The lowest BCUT2D eigenvalue weighted by molar-refractivity contribution is 0.0453. The first-order chi connectivity index (χ1) is 2.89. The summed E-state index contributed by atoms with van der Waals surface area (Å²) in [7, 11) is 0. The molecule has 0 N–H and O–H groups in total. The van der Waals surface area contributed by atoms with Crippen LogP contribution in [-0.2, 0) is 4.28 Å². The van der Waals surface area contributed by atoms with Crippen LogP contribution in [0, 0.1) is 5.21 Å².